The lowest BCUT2D eigenvalue weighted by atomic mass is 9.79. The molecule has 90 valence electrons. The van der Waals surface area contributed by atoms with E-state index in [4.69, 9.17) is 10.5 Å². The maximum absolute atomic E-state index is 9.27. The minimum Gasteiger partial charge on any atom is -0.496 e. The second-order valence-corrected chi connectivity index (χ2v) is 4.30. The number of methoxy groups -OCH3 is 1. The van der Waals surface area contributed by atoms with Gasteiger partial charge in [-0.2, -0.15) is 0 Å². The molecular weight excluding hydrogens is 226 g/mol. The Bertz CT molecular complexity index is 356. The molecule has 1 aliphatic rings. The van der Waals surface area contributed by atoms with E-state index < -0.39 is 5.54 Å². The largest absolute Gasteiger partial charge is 0.496 e. The van der Waals surface area contributed by atoms with Crippen molar-refractivity contribution in [2.24, 2.45) is 5.73 Å². The predicted octanol–water partition coefficient (Wildman–Crippen LogP) is 1.30. The number of hydrogen-bond donors (Lipinski definition) is 2. The Morgan fingerprint density at radius 3 is 2.88 bits per heavy atom. The number of aryl methyl sites for hydroxylation is 1. The molecule has 0 aliphatic heterocycles. The van der Waals surface area contributed by atoms with Gasteiger partial charge in [0.2, 0.25) is 0 Å². The van der Waals surface area contributed by atoms with E-state index in [0.29, 0.717) is 6.42 Å². The van der Waals surface area contributed by atoms with Crippen LogP contribution in [0, 0.1) is 0 Å². The predicted molar refractivity (Wildman–Crippen MR) is 66.3 cm³/mol. The maximum Gasteiger partial charge on any atom is 0.122 e. The van der Waals surface area contributed by atoms with Crippen molar-refractivity contribution < 1.29 is 9.84 Å². The summed E-state index contributed by atoms with van der Waals surface area (Å²) in [5.41, 5.74) is 8.07. The van der Waals surface area contributed by atoms with Gasteiger partial charge in [0.15, 0.2) is 0 Å². The summed E-state index contributed by atoms with van der Waals surface area (Å²) in [7, 11) is 1.67. The molecule has 0 radical (unpaired) electrons. The lowest BCUT2D eigenvalue weighted by Crippen LogP contribution is -2.48. The Hall–Kier alpha value is -0.770. The Labute approximate surface area is 102 Å². The number of fused-ring (bicyclic) bond motifs is 1. The van der Waals surface area contributed by atoms with Gasteiger partial charge in [-0.15, -0.1) is 12.4 Å². The number of rotatable bonds is 2. The minimum absolute atomic E-state index is 0. The third-order valence-electron chi connectivity index (χ3n) is 3.19. The quantitative estimate of drug-likeness (QED) is 0.823. The van der Waals surface area contributed by atoms with Crippen molar-refractivity contribution in [1.82, 2.24) is 0 Å². The van der Waals surface area contributed by atoms with Gasteiger partial charge in [0.05, 0.1) is 13.7 Å². The highest BCUT2D eigenvalue weighted by atomic mass is 35.5. The van der Waals surface area contributed by atoms with Gasteiger partial charge in [-0.05, 0) is 36.5 Å². The molecular formula is C12H18ClNO2. The SMILES string of the molecule is COc1cccc2c1CC(N)(CO)CC2.Cl. The molecule has 0 fully saturated rings. The van der Waals surface area contributed by atoms with Crippen molar-refractivity contribution in [3.8, 4) is 5.75 Å². The van der Waals surface area contributed by atoms with Gasteiger partial charge < -0.3 is 15.6 Å². The van der Waals surface area contributed by atoms with E-state index in [2.05, 4.69) is 6.07 Å². The van der Waals surface area contributed by atoms with Crippen molar-refractivity contribution in [2.75, 3.05) is 13.7 Å². The number of ether oxygens (including phenoxy) is 1. The summed E-state index contributed by atoms with van der Waals surface area (Å²) in [6.45, 7) is 0.0322. The molecule has 1 aliphatic carbocycles. The topological polar surface area (TPSA) is 55.5 Å². The summed E-state index contributed by atoms with van der Waals surface area (Å²) < 4.78 is 5.31. The van der Waals surface area contributed by atoms with E-state index in [0.717, 1.165) is 24.2 Å². The molecule has 0 saturated carbocycles. The fourth-order valence-corrected chi connectivity index (χ4v) is 2.20. The molecule has 2 rings (SSSR count). The molecule has 0 spiro atoms. The molecule has 1 atom stereocenters. The average Bonchev–Trinajstić information content (AvgIpc) is 2.28. The van der Waals surface area contributed by atoms with Crippen LogP contribution >= 0.6 is 12.4 Å². The third kappa shape index (κ3) is 2.32. The molecule has 0 amide bonds. The van der Waals surface area contributed by atoms with Crippen LogP contribution in [0.2, 0.25) is 0 Å². The van der Waals surface area contributed by atoms with Crippen LogP contribution in [0.25, 0.3) is 0 Å². The zero-order valence-electron chi connectivity index (χ0n) is 9.40. The fraction of sp³-hybridized carbons (Fsp3) is 0.500. The molecule has 3 N–H and O–H groups in total. The fourth-order valence-electron chi connectivity index (χ4n) is 2.20. The maximum atomic E-state index is 9.27. The molecule has 1 unspecified atom stereocenters. The van der Waals surface area contributed by atoms with E-state index in [1.807, 2.05) is 12.1 Å². The summed E-state index contributed by atoms with van der Waals surface area (Å²) >= 11 is 0. The second kappa shape index (κ2) is 5.04. The van der Waals surface area contributed by atoms with Gasteiger partial charge >= 0.3 is 0 Å². The van der Waals surface area contributed by atoms with E-state index in [1.165, 1.54) is 5.56 Å². The zero-order chi connectivity index (χ0) is 10.9. The van der Waals surface area contributed by atoms with Crippen molar-refractivity contribution in [3.05, 3.63) is 29.3 Å². The highest BCUT2D eigenvalue weighted by Gasteiger charge is 2.31. The van der Waals surface area contributed by atoms with Crippen LogP contribution in [0.3, 0.4) is 0 Å². The monoisotopic (exact) mass is 243 g/mol. The summed E-state index contributed by atoms with van der Waals surface area (Å²) in [5.74, 6) is 0.885. The average molecular weight is 244 g/mol. The normalized spacial score (nSPS) is 23.2. The summed E-state index contributed by atoms with van der Waals surface area (Å²) in [6.07, 6.45) is 2.45. The van der Waals surface area contributed by atoms with Crippen LogP contribution in [-0.2, 0) is 12.8 Å². The number of nitrogens with two attached hydrogens (primary N) is 1. The minimum atomic E-state index is -0.471. The van der Waals surface area contributed by atoms with Crippen LogP contribution in [0.5, 0.6) is 5.75 Å². The Balaban J connectivity index is 0.00000128. The highest BCUT2D eigenvalue weighted by molar-refractivity contribution is 5.85. The summed E-state index contributed by atoms with van der Waals surface area (Å²) in [5, 5.41) is 9.27. The zero-order valence-corrected chi connectivity index (χ0v) is 10.2. The van der Waals surface area contributed by atoms with E-state index in [-0.39, 0.29) is 19.0 Å². The van der Waals surface area contributed by atoms with E-state index >= 15 is 0 Å². The number of aliphatic hydroxyl groups excluding tert-OH is 1. The van der Waals surface area contributed by atoms with Gasteiger partial charge in [0.1, 0.15) is 5.75 Å². The lowest BCUT2D eigenvalue weighted by molar-refractivity contribution is 0.180. The summed E-state index contributed by atoms with van der Waals surface area (Å²) in [6, 6.07) is 6.05. The third-order valence-corrected chi connectivity index (χ3v) is 3.19. The molecule has 3 nitrogen and oxygen atoms in total. The number of aliphatic hydroxyl groups is 1. The molecule has 16 heavy (non-hydrogen) atoms. The molecule has 0 aromatic heterocycles. The van der Waals surface area contributed by atoms with E-state index in [9.17, 15) is 5.11 Å². The Morgan fingerprint density at radius 2 is 2.25 bits per heavy atom. The number of benzene rings is 1. The Kier molecular flexibility index (Phi) is 4.19. The van der Waals surface area contributed by atoms with Crippen LogP contribution in [0.15, 0.2) is 18.2 Å². The van der Waals surface area contributed by atoms with Gasteiger partial charge in [-0.3, -0.25) is 0 Å². The molecule has 0 heterocycles. The first-order valence-electron chi connectivity index (χ1n) is 5.23. The lowest BCUT2D eigenvalue weighted by Gasteiger charge is -2.33. The van der Waals surface area contributed by atoms with Gasteiger partial charge in [0, 0.05) is 5.54 Å². The first-order chi connectivity index (χ1) is 7.18. The molecule has 0 bridgehead atoms. The first kappa shape index (κ1) is 13.3. The first-order valence-corrected chi connectivity index (χ1v) is 5.23. The highest BCUT2D eigenvalue weighted by Crippen LogP contribution is 2.32. The smallest absolute Gasteiger partial charge is 0.122 e. The molecule has 0 saturated heterocycles. The number of hydrogen-bond acceptors (Lipinski definition) is 3. The molecule has 4 heteroatoms. The standard InChI is InChI=1S/C12H17NO2.ClH/c1-15-11-4-2-3-9-5-6-12(13,8-14)7-10(9)11;/h2-4,14H,5-8,13H2,1H3;1H. The Morgan fingerprint density at radius 1 is 1.50 bits per heavy atom. The van der Waals surface area contributed by atoms with Crippen LogP contribution in [0.4, 0.5) is 0 Å². The van der Waals surface area contributed by atoms with Gasteiger partial charge in [-0.1, -0.05) is 12.1 Å². The van der Waals surface area contributed by atoms with Crippen LogP contribution in [0.1, 0.15) is 17.5 Å². The van der Waals surface area contributed by atoms with Crippen molar-refractivity contribution >= 4 is 12.4 Å². The molecule has 1 aromatic rings. The van der Waals surface area contributed by atoms with E-state index in [1.54, 1.807) is 7.11 Å². The second-order valence-electron chi connectivity index (χ2n) is 4.30. The van der Waals surface area contributed by atoms with Crippen molar-refractivity contribution in [1.29, 1.82) is 0 Å². The molecule has 1 aromatic carbocycles. The van der Waals surface area contributed by atoms with Crippen molar-refractivity contribution in [3.63, 3.8) is 0 Å². The number of halogens is 1. The summed E-state index contributed by atoms with van der Waals surface area (Å²) in [4.78, 5) is 0. The van der Waals surface area contributed by atoms with Gasteiger partial charge in [0.25, 0.3) is 0 Å². The van der Waals surface area contributed by atoms with Crippen molar-refractivity contribution in [2.45, 2.75) is 24.8 Å². The van der Waals surface area contributed by atoms with Crippen LogP contribution in [-0.4, -0.2) is 24.4 Å². The van der Waals surface area contributed by atoms with Crippen LogP contribution < -0.4 is 10.5 Å². The van der Waals surface area contributed by atoms with Gasteiger partial charge in [-0.25, -0.2) is 0 Å².